The van der Waals surface area contributed by atoms with Gasteiger partial charge in [-0.2, -0.15) is 0 Å². The molecule has 106 valence electrons. The van der Waals surface area contributed by atoms with Crippen LogP contribution in [0.2, 0.25) is 5.02 Å². The molecule has 1 atom stereocenters. The van der Waals surface area contributed by atoms with Crippen LogP contribution in [0.1, 0.15) is 24.2 Å². The summed E-state index contributed by atoms with van der Waals surface area (Å²) < 4.78 is 0. The van der Waals surface area contributed by atoms with Gasteiger partial charge in [-0.3, -0.25) is 0 Å². The van der Waals surface area contributed by atoms with E-state index < -0.39 is 5.97 Å². The lowest BCUT2D eigenvalue weighted by molar-refractivity contribution is 0.0696. The fourth-order valence-corrected chi connectivity index (χ4v) is 2.33. The number of halogens is 1. The van der Waals surface area contributed by atoms with E-state index in [0.717, 1.165) is 13.1 Å². The molecule has 1 aromatic rings. The van der Waals surface area contributed by atoms with Crippen molar-refractivity contribution in [2.45, 2.75) is 19.9 Å². The first kappa shape index (κ1) is 15.7. The van der Waals surface area contributed by atoms with E-state index in [1.54, 1.807) is 0 Å². The van der Waals surface area contributed by atoms with E-state index in [2.05, 4.69) is 21.7 Å². The number of anilines is 1. The van der Waals surface area contributed by atoms with E-state index >= 15 is 0 Å². The maximum Gasteiger partial charge on any atom is 0.337 e. The summed E-state index contributed by atoms with van der Waals surface area (Å²) in [5.41, 5.74) is 0.102. The maximum absolute atomic E-state index is 10.9. The van der Waals surface area contributed by atoms with Crippen molar-refractivity contribution in [3.63, 3.8) is 0 Å². The Morgan fingerprint density at radius 1 is 1.53 bits per heavy atom. The predicted octanol–water partition coefficient (Wildman–Crippen LogP) is 2.21. The molecule has 0 radical (unpaired) electrons. The molecule has 0 fully saturated rings. The molecule has 0 amide bonds. The van der Waals surface area contributed by atoms with Gasteiger partial charge in [0.1, 0.15) is 5.82 Å². The Hall–Kier alpha value is -1.33. The number of carboxylic acid groups (broad SMARTS) is 1. The van der Waals surface area contributed by atoms with E-state index in [9.17, 15) is 4.79 Å². The third kappa shape index (κ3) is 4.08. The van der Waals surface area contributed by atoms with Gasteiger partial charge in [0.2, 0.25) is 0 Å². The Morgan fingerprint density at radius 2 is 2.16 bits per heavy atom. The maximum atomic E-state index is 10.9. The number of aromatic nitrogens is 1. The van der Waals surface area contributed by atoms with Crippen molar-refractivity contribution in [1.82, 2.24) is 9.88 Å². The topological polar surface area (TPSA) is 56.7 Å². The molecule has 0 bridgehead atoms. The second-order valence-electron chi connectivity index (χ2n) is 4.73. The van der Waals surface area contributed by atoms with Crippen molar-refractivity contribution in [3.8, 4) is 0 Å². The number of likely N-dealkylation sites (N-methyl/N-ethyl adjacent to an activating group) is 2. The van der Waals surface area contributed by atoms with Crippen LogP contribution in [0.4, 0.5) is 5.82 Å². The van der Waals surface area contributed by atoms with E-state index in [-0.39, 0.29) is 11.6 Å². The monoisotopic (exact) mass is 285 g/mol. The third-order valence-corrected chi connectivity index (χ3v) is 3.12. The Balaban J connectivity index is 3.02. The van der Waals surface area contributed by atoms with Gasteiger partial charge in [0.25, 0.3) is 0 Å². The lowest BCUT2D eigenvalue weighted by Gasteiger charge is -2.31. The molecule has 19 heavy (non-hydrogen) atoms. The van der Waals surface area contributed by atoms with Crippen LogP contribution in [-0.2, 0) is 0 Å². The Labute approximate surface area is 118 Å². The molecule has 1 N–H and O–H groups in total. The number of carboxylic acids is 1. The predicted molar refractivity (Wildman–Crippen MR) is 77.2 cm³/mol. The fraction of sp³-hybridized carbons (Fsp3) is 0.538. The lowest BCUT2D eigenvalue weighted by atomic mass is 10.2. The lowest BCUT2D eigenvalue weighted by Crippen LogP contribution is -2.40. The Morgan fingerprint density at radius 3 is 2.58 bits per heavy atom. The van der Waals surface area contributed by atoms with Gasteiger partial charge in [-0.25, -0.2) is 9.78 Å². The summed E-state index contributed by atoms with van der Waals surface area (Å²) >= 11 is 6.15. The fourth-order valence-electron chi connectivity index (χ4n) is 2.06. The molecule has 1 unspecified atom stereocenters. The smallest absolute Gasteiger partial charge is 0.337 e. The molecule has 0 aliphatic heterocycles. The standard InChI is InChI=1S/C13H20ClN3O2/c1-5-17(9(2)8-16(3)4)12-11(14)6-10(7-15-12)13(18)19/h6-7,9H,5,8H2,1-4H3,(H,18,19). The van der Waals surface area contributed by atoms with Crippen LogP contribution < -0.4 is 4.90 Å². The Kier molecular flexibility index (Phi) is 5.57. The zero-order chi connectivity index (χ0) is 14.6. The zero-order valence-electron chi connectivity index (χ0n) is 11.7. The number of pyridine rings is 1. The SMILES string of the molecule is CCN(c1ncc(C(=O)O)cc1Cl)C(C)CN(C)C. The van der Waals surface area contributed by atoms with Crippen molar-refractivity contribution in [1.29, 1.82) is 0 Å². The second-order valence-corrected chi connectivity index (χ2v) is 5.14. The molecule has 0 aromatic carbocycles. The van der Waals surface area contributed by atoms with Gasteiger partial charge in [0.15, 0.2) is 0 Å². The first-order valence-corrected chi connectivity index (χ1v) is 6.54. The van der Waals surface area contributed by atoms with Crippen molar-refractivity contribution in [3.05, 3.63) is 22.8 Å². The van der Waals surface area contributed by atoms with Crippen molar-refractivity contribution in [2.75, 3.05) is 32.1 Å². The molecule has 0 aliphatic carbocycles. The van der Waals surface area contributed by atoms with E-state index in [4.69, 9.17) is 16.7 Å². The van der Waals surface area contributed by atoms with Gasteiger partial charge in [-0.15, -0.1) is 0 Å². The highest BCUT2D eigenvalue weighted by Gasteiger charge is 2.18. The van der Waals surface area contributed by atoms with Crippen LogP contribution in [0.25, 0.3) is 0 Å². The molecule has 0 aliphatic rings. The second kappa shape index (κ2) is 6.73. The van der Waals surface area contributed by atoms with Crippen LogP contribution in [-0.4, -0.2) is 54.2 Å². The minimum Gasteiger partial charge on any atom is -0.478 e. The third-order valence-electron chi connectivity index (χ3n) is 2.84. The van der Waals surface area contributed by atoms with Crippen molar-refractivity contribution >= 4 is 23.4 Å². The van der Waals surface area contributed by atoms with Gasteiger partial charge < -0.3 is 14.9 Å². The number of nitrogens with zero attached hydrogens (tertiary/aromatic N) is 3. The summed E-state index contributed by atoms with van der Waals surface area (Å²) in [5, 5.41) is 9.27. The zero-order valence-corrected chi connectivity index (χ0v) is 12.5. The van der Waals surface area contributed by atoms with E-state index in [1.807, 2.05) is 21.0 Å². The molecule has 1 rings (SSSR count). The number of carbonyl (C=O) groups is 1. The van der Waals surface area contributed by atoms with Gasteiger partial charge in [-0.1, -0.05) is 11.6 Å². The van der Waals surface area contributed by atoms with Gasteiger partial charge in [0, 0.05) is 25.3 Å². The summed E-state index contributed by atoms with van der Waals surface area (Å²) in [7, 11) is 4.01. The molecule has 0 saturated carbocycles. The van der Waals surface area contributed by atoms with Crippen LogP contribution in [0.3, 0.4) is 0 Å². The molecule has 1 aromatic heterocycles. The van der Waals surface area contributed by atoms with Crippen LogP contribution in [0.5, 0.6) is 0 Å². The van der Waals surface area contributed by atoms with Crippen LogP contribution in [0.15, 0.2) is 12.3 Å². The number of aromatic carboxylic acids is 1. The summed E-state index contributed by atoms with van der Waals surface area (Å²) in [4.78, 5) is 19.2. The first-order chi connectivity index (χ1) is 8.86. The van der Waals surface area contributed by atoms with Crippen LogP contribution >= 0.6 is 11.6 Å². The largest absolute Gasteiger partial charge is 0.478 e. The summed E-state index contributed by atoms with van der Waals surface area (Å²) in [6.07, 6.45) is 1.34. The molecule has 0 saturated heterocycles. The number of rotatable bonds is 6. The summed E-state index contributed by atoms with van der Waals surface area (Å²) in [6.45, 7) is 5.74. The summed E-state index contributed by atoms with van der Waals surface area (Å²) in [5.74, 6) is -0.395. The molecule has 6 heteroatoms. The van der Waals surface area contributed by atoms with E-state index in [0.29, 0.717) is 10.8 Å². The minimum atomic E-state index is -1.02. The highest BCUT2D eigenvalue weighted by Crippen LogP contribution is 2.25. The van der Waals surface area contributed by atoms with Gasteiger partial charge in [0.05, 0.1) is 10.6 Å². The first-order valence-electron chi connectivity index (χ1n) is 6.17. The normalized spacial score (nSPS) is 12.5. The van der Waals surface area contributed by atoms with Gasteiger partial charge in [-0.05, 0) is 34.0 Å². The molecule has 0 spiro atoms. The van der Waals surface area contributed by atoms with Crippen LogP contribution in [0, 0.1) is 0 Å². The highest BCUT2D eigenvalue weighted by molar-refractivity contribution is 6.33. The average Bonchev–Trinajstić information content (AvgIpc) is 2.30. The average molecular weight is 286 g/mol. The van der Waals surface area contributed by atoms with Crippen molar-refractivity contribution < 1.29 is 9.90 Å². The quantitative estimate of drug-likeness (QED) is 0.868. The number of hydrogen-bond donors (Lipinski definition) is 1. The minimum absolute atomic E-state index is 0.102. The Bertz CT molecular complexity index is 452. The van der Waals surface area contributed by atoms with Gasteiger partial charge >= 0.3 is 5.97 Å². The number of hydrogen-bond acceptors (Lipinski definition) is 4. The molecule has 5 nitrogen and oxygen atoms in total. The summed E-state index contributed by atoms with van der Waals surface area (Å²) in [6, 6.07) is 1.68. The molecular weight excluding hydrogens is 266 g/mol. The molecule has 1 heterocycles. The van der Waals surface area contributed by atoms with E-state index in [1.165, 1.54) is 12.3 Å². The highest BCUT2D eigenvalue weighted by atomic mass is 35.5. The molecular formula is C13H20ClN3O2. The van der Waals surface area contributed by atoms with Crippen molar-refractivity contribution in [2.24, 2.45) is 0 Å².